The van der Waals surface area contributed by atoms with Crippen LogP contribution < -0.4 is 10.2 Å². The van der Waals surface area contributed by atoms with Crippen LogP contribution in [0.3, 0.4) is 0 Å². The smallest absolute Gasteiger partial charge is 0.307 e. The quantitative estimate of drug-likeness (QED) is 0.191. The third-order valence-corrected chi connectivity index (χ3v) is 6.10. The normalized spacial score (nSPS) is 11.3. The Balaban J connectivity index is 1.75. The lowest BCUT2D eigenvalue weighted by molar-refractivity contribution is 0.0929. The number of hydrogen-bond acceptors (Lipinski definition) is 4. The van der Waals surface area contributed by atoms with Gasteiger partial charge in [0.2, 0.25) is 0 Å². The van der Waals surface area contributed by atoms with Crippen LogP contribution >= 0.6 is 77.0 Å². The predicted molar refractivity (Wildman–Crippen MR) is 130 cm³/mol. The van der Waals surface area contributed by atoms with Gasteiger partial charge in [0.1, 0.15) is 11.3 Å². The molecule has 27 heavy (non-hydrogen) atoms. The first-order chi connectivity index (χ1) is 12.9. The molecule has 3 rings (SSSR count). The maximum absolute atomic E-state index is 12.3. The zero-order valence-corrected chi connectivity index (χ0v) is 21.3. The van der Waals surface area contributed by atoms with Crippen molar-refractivity contribution in [2.45, 2.75) is 6.92 Å². The molecule has 0 spiro atoms. The number of rotatable bonds is 5. The third-order valence-electron chi connectivity index (χ3n) is 3.45. The summed E-state index contributed by atoms with van der Waals surface area (Å²) < 4.78 is 14.9. The Bertz CT molecular complexity index is 1030. The van der Waals surface area contributed by atoms with Crippen molar-refractivity contribution in [3.05, 3.63) is 57.7 Å². The van der Waals surface area contributed by atoms with Crippen LogP contribution in [-0.4, -0.2) is 18.7 Å². The first kappa shape index (κ1) is 21.1. The van der Waals surface area contributed by atoms with Crippen LogP contribution in [-0.2, 0) is 0 Å². The molecule has 0 atom stereocenters. The Morgan fingerprint density at radius 3 is 2.59 bits per heavy atom. The number of amides is 1. The molecule has 0 saturated heterocycles. The van der Waals surface area contributed by atoms with E-state index >= 15 is 0 Å². The van der Waals surface area contributed by atoms with Crippen molar-refractivity contribution in [2.75, 3.05) is 6.61 Å². The summed E-state index contributed by atoms with van der Waals surface area (Å²) in [4.78, 5) is 12.3. The van der Waals surface area contributed by atoms with E-state index in [9.17, 15) is 4.79 Å². The number of nitrogens with zero attached hydrogens (tertiary/aromatic N) is 1. The molecule has 1 heterocycles. The van der Waals surface area contributed by atoms with Gasteiger partial charge >= 0.3 is 5.91 Å². The topological polar surface area (TPSA) is 63.8 Å². The third kappa shape index (κ3) is 5.04. The molecule has 0 bridgehead atoms. The average molecular weight is 718 g/mol. The van der Waals surface area contributed by atoms with E-state index in [0.29, 0.717) is 12.2 Å². The van der Waals surface area contributed by atoms with Crippen molar-refractivity contribution in [1.82, 2.24) is 5.43 Å². The van der Waals surface area contributed by atoms with Gasteiger partial charge in [0.05, 0.1) is 24.4 Å². The van der Waals surface area contributed by atoms with Gasteiger partial charge in [0, 0.05) is 9.86 Å². The molecule has 140 valence electrons. The number of fused-ring (bicyclic) bond motifs is 1. The Kier molecular flexibility index (Phi) is 7.20. The summed E-state index contributed by atoms with van der Waals surface area (Å²) in [6, 6.07) is 9.31. The van der Waals surface area contributed by atoms with Crippen molar-refractivity contribution >= 4 is 100 Å². The average Bonchev–Trinajstić information content (AvgIpc) is 3.02. The summed E-state index contributed by atoms with van der Waals surface area (Å²) in [5.41, 5.74) is 3.97. The van der Waals surface area contributed by atoms with Crippen LogP contribution in [0, 0.1) is 7.14 Å². The molecular weight excluding hydrogens is 706 g/mol. The van der Waals surface area contributed by atoms with Crippen LogP contribution in [0.2, 0.25) is 0 Å². The molecule has 0 radical (unpaired) electrons. The van der Waals surface area contributed by atoms with E-state index in [2.05, 4.69) is 87.6 Å². The summed E-state index contributed by atoms with van der Waals surface area (Å²) in [5, 5.41) is 4.85. The van der Waals surface area contributed by atoms with Gasteiger partial charge in [-0.2, -0.15) is 5.10 Å². The van der Waals surface area contributed by atoms with Crippen molar-refractivity contribution < 1.29 is 13.9 Å². The van der Waals surface area contributed by atoms with Crippen molar-refractivity contribution in [1.29, 1.82) is 0 Å². The van der Waals surface area contributed by atoms with Crippen LogP contribution in [0.4, 0.5) is 0 Å². The first-order valence-corrected chi connectivity index (χ1v) is 11.5. The van der Waals surface area contributed by atoms with Crippen LogP contribution in [0.25, 0.3) is 11.0 Å². The number of carbonyl (C=O) groups is 1. The molecule has 1 aromatic heterocycles. The van der Waals surface area contributed by atoms with E-state index in [1.165, 1.54) is 0 Å². The Hall–Kier alpha value is -0.660. The molecule has 1 N–H and O–H groups in total. The van der Waals surface area contributed by atoms with Gasteiger partial charge in [-0.15, -0.1) is 0 Å². The van der Waals surface area contributed by atoms with Crippen molar-refractivity contribution in [3.63, 3.8) is 0 Å². The summed E-state index contributed by atoms with van der Waals surface area (Å²) >= 11 is 11.3. The molecule has 2 aromatic carbocycles. The van der Waals surface area contributed by atoms with Gasteiger partial charge in [0.15, 0.2) is 5.76 Å². The van der Waals surface area contributed by atoms with Crippen molar-refractivity contribution in [3.8, 4) is 5.75 Å². The molecule has 0 saturated carbocycles. The zero-order chi connectivity index (χ0) is 19.6. The minimum atomic E-state index is -0.416. The molecular formula is C18H12Br2I2N2O3. The summed E-state index contributed by atoms with van der Waals surface area (Å²) in [6.07, 6.45) is 1.59. The zero-order valence-electron chi connectivity index (χ0n) is 13.9. The highest BCUT2D eigenvalue weighted by atomic mass is 127. The standard InChI is InChI=1S/C18H12Br2I2N2O3/c1-2-26-17-13(21)3-9(4-14(17)22)8-23-24-18(25)15-6-10-5-11(19)7-12(20)16(10)27-15/h3-8H,2H2,1H3,(H,24,25)/b23-8-. The molecule has 3 aromatic rings. The highest BCUT2D eigenvalue weighted by Gasteiger charge is 2.14. The molecule has 0 aliphatic rings. The van der Waals surface area contributed by atoms with Gasteiger partial charge in [-0.05, 0) is 104 Å². The van der Waals surface area contributed by atoms with E-state index < -0.39 is 5.91 Å². The number of nitrogens with one attached hydrogen (secondary N) is 1. The number of carbonyl (C=O) groups excluding carboxylic acids is 1. The lowest BCUT2D eigenvalue weighted by Gasteiger charge is -2.09. The monoisotopic (exact) mass is 716 g/mol. The molecule has 5 nitrogen and oxygen atoms in total. The van der Waals surface area contributed by atoms with Gasteiger partial charge in [-0.25, -0.2) is 5.43 Å². The summed E-state index contributed by atoms with van der Waals surface area (Å²) in [7, 11) is 0. The highest BCUT2D eigenvalue weighted by Crippen LogP contribution is 2.31. The number of hydrazone groups is 1. The fourth-order valence-electron chi connectivity index (χ4n) is 2.34. The lowest BCUT2D eigenvalue weighted by Crippen LogP contribution is -2.16. The van der Waals surface area contributed by atoms with E-state index in [1.54, 1.807) is 12.3 Å². The number of furan rings is 1. The largest absolute Gasteiger partial charge is 0.492 e. The lowest BCUT2D eigenvalue weighted by atomic mass is 10.2. The molecule has 0 unspecified atom stereocenters. The molecule has 1 amide bonds. The number of ether oxygens (including phenoxy) is 1. The second-order valence-corrected chi connectivity index (χ2v) is 9.46. The minimum absolute atomic E-state index is 0.191. The summed E-state index contributed by atoms with van der Waals surface area (Å²) in [5.74, 6) is 0.636. The van der Waals surface area contributed by atoms with Crippen LogP contribution in [0.15, 0.2) is 48.8 Å². The van der Waals surface area contributed by atoms with E-state index in [4.69, 9.17) is 9.15 Å². The van der Waals surface area contributed by atoms with Crippen LogP contribution in [0.1, 0.15) is 23.0 Å². The second kappa shape index (κ2) is 9.23. The maximum atomic E-state index is 12.3. The molecule has 0 fully saturated rings. The van der Waals surface area contributed by atoms with Gasteiger partial charge in [0.25, 0.3) is 0 Å². The Morgan fingerprint density at radius 2 is 1.93 bits per heavy atom. The Morgan fingerprint density at radius 1 is 1.22 bits per heavy atom. The first-order valence-electron chi connectivity index (χ1n) is 7.73. The van der Waals surface area contributed by atoms with Gasteiger partial charge in [-0.1, -0.05) is 15.9 Å². The van der Waals surface area contributed by atoms with E-state index in [1.807, 2.05) is 31.2 Å². The summed E-state index contributed by atoms with van der Waals surface area (Å²) in [6.45, 7) is 2.56. The molecule has 0 aliphatic carbocycles. The predicted octanol–water partition coefficient (Wildman–Crippen LogP) is 6.33. The molecule has 9 heteroatoms. The Labute approximate surface area is 199 Å². The van der Waals surface area contributed by atoms with E-state index in [0.717, 1.165) is 32.8 Å². The maximum Gasteiger partial charge on any atom is 0.307 e. The number of halogens is 4. The number of benzene rings is 2. The number of hydrogen-bond donors (Lipinski definition) is 1. The fourth-order valence-corrected chi connectivity index (χ4v) is 5.81. The minimum Gasteiger partial charge on any atom is -0.492 e. The van der Waals surface area contributed by atoms with Crippen molar-refractivity contribution in [2.24, 2.45) is 5.10 Å². The van der Waals surface area contributed by atoms with E-state index in [-0.39, 0.29) is 5.76 Å². The second-order valence-electron chi connectivity index (χ2n) is 5.36. The highest BCUT2D eigenvalue weighted by molar-refractivity contribution is 14.1. The van der Waals surface area contributed by atoms with Crippen LogP contribution in [0.5, 0.6) is 5.75 Å². The van der Waals surface area contributed by atoms with Gasteiger partial charge in [-0.3, -0.25) is 4.79 Å². The SMILES string of the molecule is CCOc1c(I)cc(/C=N\NC(=O)c2cc3cc(Br)cc(Br)c3o2)cc1I. The fraction of sp³-hybridized carbons (Fsp3) is 0.111. The molecule has 0 aliphatic heterocycles. The van der Waals surface area contributed by atoms with Gasteiger partial charge < -0.3 is 9.15 Å².